The number of ether oxygens (including phenoxy) is 1. The van der Waals surface area contributed by atoms with Gasteiger partial charge < -0.3 is 14.6 Å². The lowest BCUT2D eigenvalue weighted by Gasteiger charge is -2.20. The van der Waals surface area contributed by atoms with Crippen LogP contribution in [0.25, 0.3) is 0 Å². The first-order valence-electron chi connectivity index (χ1n) is 6.50. The number of imidazole rings is 1. The molecule has 1 aliphatic carbocycles. The van der Waals surface area contributed by atoms with Crippen molar-refractivity contribution in [1.29, 1.82) is 0 Å². The van der Waals surface area contributed by atoms with Gasteiger partial charge in [-0.2, -0.15) is 0 Å². The number of aryl methyl sites for hydroxylation is 1. The lowest BCUT2D eigenvalue weighted by Crippen LogP contribution is -2.25. The Balaban J connectivity index is 1.78. The lowest BCUT2D eigenvalue weighted by molar-refractivity contribution is -0.118. The third-order valence-corrected chi connectivity index (χ3v) is 4.43. The molecule has 0 fully saturated rings. The Morgan fingerprint density at radius 3 is 3.15 bits per heavy atom. The molecule has 3 rings (SSSR count). The molecule has 0 saturated carbocycles. The van der Waals surface area contributed by atoms with Crippen molar-refractivity contribution in [3.8, 4) is 5.06 Å². The van der Waals surface area contributed by atoms with Crippen LogP contribution in [0.3, 0.4) is 0 Å². The van der Waals surface area contributed by atoms with Crippen molar-refractivity contribution in [1.82, 2.24) is 14.5 Å². The second-order valence-electron chi connectivity index (χ2n) is 4.81. The molecule has 2 aromatic heterocycles. The summed E-state index contributed by atoms with van der Waals surface area (Å²) in [5, 5.41) is 4.10. The molecule has 2 heterocycles. The van der Waals surface area contributed by atoms with E-state index in [0.717, 1.165) is 30.7 Å². The van der Waals surface area contributed by atoms with Gasteiger partial charge in [0.1, 0.15) is 0 Å². The van der Waals surface area contributed by atoms with Crippen LogP contribution in [0.4, 0.5) is 5.13 Å². The lowest BCUT2D eigenvalue weighted by atomic mass is 9.89. The molecular weight excluding hydrogens is 276 g/mol. The van der Waals surface area contributed by atoms with Gasteiger partial charge in [0.2, 0.25) is 5.91 Å². The maximum atomic E-state index is 12.4. The van der Waals surface area contributed by atoms with Crippen LogP contribution < -0.4 is 10.1 Å². The molecule has 6 nitrogen and oxygen atoms in total. The van der Waals surface area contributed by atoms with Crippen molar-refractivity contribution in [2.45, 2.75) is 25.2 Å². The van der Waals surface area contributed by atoms with Crippen molar-refractivity contribution in [2.75, 3.05) is 12.4 Å². The van der Waals surface area contributed by atoms with Crippen molar-refractivity contribution in [3.05, 3.63) is 23.9 Å². The van der Waals surface area contributed by atoms with E-state index >= 15 is 0 Å². The van der Waals surface area contributed by atoms with Gasteiger partial charge in [0.05, 0.1) is 31.2 Å². The van der Waals surface area contributed by atoms with E-state index in [0.29, 0.717) is 10.2 Å². The highest BCUT2D eigenvalue weighted by Crippen LogP contribution is 2.32. The summed E-state index contributed by atoms with van der Waals surface area (Å²) in [6.45, 7) is 0. The van der Waals surface area contributed by atoms with Crippen LogP contribution in [-0.2, 0) is 18.3 Å². The van der Waals surface area contributed by atoms with Gasteiger partial charge in [0.15, 0.2) is 10.2 Å². The van der Waals surface area contributed by atoms with E-state index in [1.54, 1.807) is 19.6 Å². The number of anilines is 1. The highest BCUT2D eigenvalue weighted by Gasteiger charge is 2.30. The van der Waals surface area contributed by atoms with Gasteiger partial charge in [-0.05, 0) is 19.3 Å². The molecule has 1 amide bonds. The summed E-state index contributed by atoms with van der Waals surface area (Å²) in [6, 6.07) is 0. The molecule has 20 heavy (non-hydrogen) atoms. The number of carbonyl (C=O) groups is 1. The molecule has 1 unspecified atom stereocenters. The maximum Gasteiger partial charge on any atom is 0.235 e. The van der Waals surface area contributed by atoms with Gasteiger partial charge in [0, 0.05) is 12.7 Å². The van der Waals surface area contributed by atoms with Crippen LogP contribution in [0.15, 0.2) is 12.5 Å². The molecule has 2 aromatic rings. The maximum absolute atomic E-state index is 12.4. The molecule has 7 heteroatoms. The largest absolute Gasteiger partial charge is 0.486 e. The van der Waals surface area contributed by atoms with Gasteiger partial charge in [-0.3, -0.25) is 4.79 Å². The topological polar surface area (TPSA) is 69.0 Å². The van der Waals surface area contributed by atoms with Crippen molar-refractivity contribution >= 4 is 22.4 Å². The summed E-state index contributed by atoms with van der Waals surface area (Å²) in [7, 11) is 3.55. The Hall–Kier alpha value is -1.89. The first-order chi connectivity index (χ1) is 9.69. The van der Waals surface area contributed by atoms with Crippen LogP contribution in [-0.4, -0.2) is 27.6 Å². The number of hydrogen-bond acceptors (Lipinski definition) is 5. The molecule has 1 atom stereocenters. The fraction of sp³-hybridized carbons (Fsp3) is 0.462. The minimum absolute atomic E-state index is 0.0401. The zero-order valence-electron chi connectivity index (χ0n) is 11.4. The number of nitrogens with zero attached hydrogens (tertiary/aromatic N) is 3. The van der Waals surface area contributed by atoms with Gasteiger partial charge in [-0.15, -0.1) is 0 Å². The van der Waals surface area contributed by atoms with E-state index in [2.05, 4.69) is 15.3 Å². The number of thiazole rings is 1. The van der Waals surface area contributed by atoms with Crippen LogP contribution in [0, 0.1) is 0 Å². The number of nitrogens with one attached hydrogen (secondary N) is 1. The van der Waals surface area contributed by atoms with Crippen LogP contribution in [0.5, 0.6) is 5.06 Å². The van der Waals surface area contributed by atoms with Crippen LogP contribution in [0.1, 0.15) is 30.1 Å². The van der Waals surface area contributed by atoms with Crippen molar-refractivity contribution in [3.63, 3.8) is 0 Å². The first-order valence-corrected chi connectivity index (χ1v) is 7.31. The first kappa shape index (κ1) is 13.1. The Morgan fingerprint density at radius 1 is 1.55 bits per heavy atom. The number of amides is 1. The summed E-state index contributed by atoms with van der Waals surface area (Å²) in [4.78, 5) is 20.9. The zero-order chi connectivity index (χ0) is 14.1. The minimum atomic E-state index is -0.185. The van der Waals surface area contributed by atoms with Crippen molar-refractivity contribution in [2.24, 2.45) is 7.05 Å². The van der Waals surface area contributed by atoms with E-state index in [1.807, 2.05) is 11.6 Å². The monoisotopic (exact) mass is 292 g/mol. The van der Waals surface area contributed by atoms with Gasteiger partial charge in [-0.1, -0.05) is 11.3 Å². The Bertz CT molecular complexity index is 634. The molecule has 0 spiro atoms. The van der Waals surface area contributed by atoms with Crippen molar-refractivity contribution < 1.29 is 9.53 Å². The minimum Gasteiger partial charge on any atom is -0.486 e. The summed E-state index contributed by atoms with van der Waals surface area (Å²) < 4.78 is 7.07. The van der Waals surface area contributed by atoms with E-state index < -0.39 is 0 Å². The van der Waals surface area contributed by atoms with E-state index in [1.165, 1.54) is 11.3 Å². The highest BCUT2D eigenvalue weighted by atomic mass is 32.1. The number of carbonyl (C=O) groups excluding carboxylic acids is 1. The Labute approximate surface area is 120 Å². The second kappa shape index (κ2) is 5.24. The van der Waals surface area contributed by atoms with E-state index in [4.69, 9.17) is 4.74 Å². The molecular formula is C13H16N4O2S. The SMILES string of the molecule is COc1cnc(NC(=O)C2CCCc3c2ncn3C)s1. The van der Waals surface area contributed by atoms with Gasteiger partial charge >= 0.3 is 0 Å². The standard InChI is InChI=1S/C13H16N4O2S/c1-17-7-15-11-8(4-3-5-9(11)17)12(18)16-13-14-6-10(19-2)20-13/h6-8H,3-5H2,1-2H3,(H,14,16,18). The Morgan fingerprint density at radius 2 is 2.40 bits per heavy atom. The summed E-state index contributed by atoms with van der Waals surface area (Å²) in [5.41, 5.74) is 2.06. The summed E-state index contributed by atoms with van der Waals surface area (Å²) in [6.07, 6.45) is 6.21. The molecule has 1 N–H and O–H groups in total. The predicted molar refractivity (Wildman–Crippen MR) is 76.2 cm³/mol. The highest BCUT2D eigenvalue weighted by molar-refractivity contribution is 7.17. The van der Waals surface area contributed by atoms with Crippen LogP contribution >= 0.6 is 11.3 Å². The average molecular weight is 292 g/mol. The van der Waals surface area contributed by atoms with Crippen LogP contribution in [0.2, 0.25) is 0 Å². The molecule has 0 radical (unpaired) electrons. The third kappa shape index (κ3) is 2.29. The van der Waals surface area contributed by atoms with E-state index in [9.17, 15) is 4.79 Å². The Kier molecular flexibility index (Phi) is 3.43. The molecule has 1 aliphatic rings. The van der Waals surface area contributed by atoms with E-state index in [-0.39, 0.29) is 11.8 Å². The molecule has 0 aromatic carbocycles. The normalized spacial score (nSPS) is 17.6. The number of methoxy groups -OCH3 is 1. The fourth-order valence-electron chi connectivity index (χ4n) is 2.54. The predicted octanol–water partition coefficient (Wildman–Crippen LogP) is 1.94. The summed E-state index contributed by atoms with van der Waals surface area (Å²) in [5.74, 6) is -0.225. The fourth-order valence-corrected chi connectivity index (χ4v) is 3.18. The molecule has 0 bridgehead atoms. The number of fused-ring (bicyclic) bond motifs is 1. The number of rotatable bonds is 3. The second-order valence-corrected chi connectivity index (χ2v) is 5.80. The quantitative estimate of drug-likeness (QED) is 0.938. The summed E-state index contributed by atoms with van der Waals surface area (Å²) >= 11 is 1.32. The molecule has 106 valence electrons. The molecule has 0 saturated heterocycles. The smallest absolute Gasteiger partial charge is 0.235 e. The van der Waals surface area contributed by atoms with Gasteiger partial charge in [0.25, 0.3) is 0 Å². The number of aromatic nitrogens is 3. The molecule has 0 aliphatic heterocycles. The average Bonchev–Trinajstić information content (AvgIpc) is 3.06. The van der Waals surface area contributed by atoms with Gasteiger partial charge in [-0.25, -0.2) is 9.97 Å². The number of hydrogen-bond donors (Lipinski definition) is 1. The zero-order valence-corrected chi connectivity index (χ0v) is 12.2. The third-order valence-electron chi connectivity index (χ3n) is 3.56.